The van der Waals surface area contributed by atoms with Crippen LogP contribution >= 0.6 is 15.9 Å². The number of nitrogens with one attached hydrogen (secondary N) is 1. The topological polar surface area (TPSA) is 63.0 Å². The second-order valence-corrected chi connectivity index (χ2v) is 5.28. The van der Waals surface area contributed by atoms with E-state index >= 15 is 0 Å². The van der Waals surface area contributed by atoms with E-state index in [-0.39, 0.29) is 0 Å². The fourth-order valence-electron chi connectivity index (χ4n) is 1.77. The maximum Gasteiger partial charge on any atom is 0.151 e. The maximum atomic E-state index is 10.0. The quantitative estimate of drug-likeness (QED) is 0.789. The second-order valence-electron chi connectivity index (χ2n) is 4.36. The van der Waals surface area contributed by atoms with Crippen LogP contribution in [0.5, 0.6) is 0 Å². The summed E-state index contributed by atoms with van der Waals surface area (Å²) >= 11 is 3.39. The fourth-order valence-corrected chi connectivity index (χ4v) is 2.19. The second kappa shape index (κ2) is 6.79. The first kappa shape index (κ1) is 14.2. The third-order valence-electron chi connectivity index (χ3n) is 2.74. The molecule has 1 atom stereocenters. The highest BCUT2D eigenvalue weighted by Gasteiger charge is 2.07. The Bertz CT molecular complexity index is 529. The fraction of sp³-hybridized carbons (Fsp3) is 0.385. The smallest absolute Gasteiger partial charge is 0.151 e. The minimum absolute atomic E-state index is 0.505. The highest BCUT2D eigenvalue weighted by atomic mass is 79.9. The van der Waals surface area contributed by atoms with E-state index in [4.69, 9.17) is 0 Å². The van der Waals surface area contributed by atoms with E-state index in [2.05, 4.69) is 31.3 Å². The summed E-state index contributed by atoms with van der Waals surface area (Å²) in [5, 5.41) is 17.4. The summed E-state index contributed by atoms with van der Waals surface area (Å²) in [6.07, 6.45) is 1.94. The normalized spacial score (nSPS) is 12.6. The lowest BCUT2D eigenvalue weighted by atomic mass is 10.1. The molecule has 0 aliphatic rings. The van der Waals surface area contributed by atoms with Crippen LogP contribution in [0.15, 0.2) is 35.1 Å². The molecule has 1 aromatic carbocycles. The zero-order chi connectivity index (χ0) is 13.7. The van der Waals surface area contributed by atoms with Crippen LogP contribution in [0.25, 0.3) is 0 Å². The lowest BCUT2D eigenvalue weighted by Crippen LogP contribution is -2.24. The van der Waals surface area contributed by atoms with E-state index in [0.717, 1.165) is 28.8 Å². The Kier molecular flexibility index (Phi) is 5.07. The molecule has 102 valence electrons. The van der Waals surface area contributed by atoms with Crippen molar-refractivity contribution in [1.29, 1.82) is 0 Å². The van der Waals surface area contributed by atoms with Crippen LogP contribution < -0.4 is 5.32 Å². The molecule has 0 bridgehead atoms. The largest absolute Gasteiger partial charge is 0.387 e. The summed E-state index contributed by atoms with van der Waals surface area (Å²) in [4.78, 5) is 4.15. The Morgan fingerprint density at radius 2 is 2.32 bits per heavy atom. The van der Waals surface area contributed by atoms with Crippen molar-refractivity contribution < 1.29 is 5.11 Å². The number of rotatable bonds is 6. The minimum Gasteiger partial charge on any atom is -0.387 e. The van der Waals surface area contributed by atoms with Gasteiger partial charge in [-0.2, -0.15) is 5.10 Å². The summed E-state index contributed by atoms with van der Waals surface area (Å²) in [5.74, 6) is 0.812. The van der Waals surface area contributed by atoms with Crippen LogP contribution in [0.4, 0.5) is 0 Å². The molecule has 0 aliphatic carbocycles. The van der Waals surface area contributed by atoms with Crippen molar-refractivity contribution in [2.24, 2.45) is 7.05 Å². The van der Waals surface area contributed by atoms with Crippen molar-refractivity contribution in [1.82, 2.24) is 20.1 Å². The average Bonchev–Trinajstić information content (AvgIpc) is 2.80. The van der Waals surface area contributed by atoms with Gasteiger partial charge in [-0.25, -0.2) is 4.98 Å². The van der Waals surface area contributed by atoms with Gasteiger partial charge in [0, 0.05) is 31.0 Å². The monoisotopic (exact) mass is 324 g/mol. The highest BCUT2D eigenvalue weighted by molar-refractivity contribution is 9.10. The van der Waals surface area contributed by atoms with Gasteiger partial charge < -0.3 is 10.4 Å². The Morgan fingerprint density at radius 1 is 1.47 bits per heavy atom. The Balaban J connectivity index is 1.73. The number of hydrogen-bond acceptors (Lipinski definition) is 4. The number of aliphatic hydroxyl groups is 1. The molecule has 2 aromatic rings. The molecular weight excluding hydrogens is 308 g/mol. The lowest BCUT2D eigenvalue weighted by molar-refractivity contribution is 0.175. The molecule has 19 heavy (non-hydrogen) atoms. The molecule has 2 N–H and O–H groups in total. The predicted molar refractivity (Wildman–Crippen MR) is 76.7 cm³/mol. The van der Waals surface area contributed by atoms with E-state index < -0.39 is 6.10 Å². The molecule has 0 fully saturated rings. The van der Waals surface area contributed by atoms with E-state index in [0.29, 0.717) is 6.54 Å². The van der Waals surface area contributed by atoms with Crippen LogP contribution in [-0.4, -0.2) is 33.0 Å². The molecule has 0 aliphatic heterocycles. The van der Waals surface area contributed by atoms with Crippen LogP contribution in [0.2, 0.25) is 0 Å². The molecule has 0 radical (unpaired) electrons. The van der Waals surface area contributed by atoms with E-state index in [1.54, 1.807) is 11.0 Å². The zero-order valence-electron chi connectivity index (χ0n) is 10.8. The number of hydrogen-bond donors (Lipinski definition) is 2. The van der Waals surface area contributed by atoms with Gasteiger partial charge in [0.15, 0.2) is 5.82 Å². The van der Waals surface area contributed by atoms with Crippen LogP contribution in [0.1, 0.15) is 17.5 Å². The van der Waals surface area contributed by atoms with E-state index in [1.165, 1.54) is 0 Å². The number of nitrogens with zero attached hydrogens (tertiary/aromatic N) is 3. The molecule has 0 saturated carbocycles. The number of benzene rings is 1. The van der Waals surface area contributed by atoms with Crippen molar-refractivity contribution in [3.8, 4) is 0 Å². The minimum atomic E-state index is -0.505. The molecule has 1 heterocycles. The summed E-state index contributed by atoms with van der Waals surface area (Å²) in [6, 6.07) is 7.70. The van der Waals surface area contributed by atoms with Gasteiger partial charge >= 0.3 is 0 Å². The van der Waals surface area contributed by atoms with Gasteiger partial charge in [0.05, 0.1) is 6.10 Å². The molecule has 6 heteroatoms. The standard InChI is InChI=1S/C13H17BrN4O/c1-18-9-16-13(17-18)5-6-15-8-12(19)10-3-2-4-11(14)7-10/h2-4,7,9,12,15,19H,5-6,8H2,1H3. The van der Waals surface area contributed by atoms with Gasteiger partial charge in [-0.15, -0.1) is 0 Å². The lowest BCUT2D eigenvalue weighted by Gasteiger charge is -2.12. The van der Waals surface area contributed by atoms with Crippen LogP contribution in [0.3, 0.4) is 0 Å². The number of aliphatic hydroxyl groups excluding tert-OH is 1. The SMILES string of the molecule is Cn1cnc(CCNCC(O)c2cccc(Br)c2)n1. The highest BCUT2D eigenvalue weighted by Crippen LogP contribution is 2.17. The molecule has 0 spiro atoms. The Labute approximate surface area is 120 Å². The summed E-state index contributed by atoms with van der Waals surface area (Å²) in [6.45, 7) is 1.26. The third-order valence-corrected chi connectivity index (χ3v) is 3.24. The first-order valence-corrected chi connectivity index (χ1v) is 6.93. The predicted octanol–water partition coefficient (Wildman–Crippen LogP) is 1.44. The first-order valence-electron chi connectivity index (χ1n) is 6.14. The van der Waals surface area contributed by atoms with Crippen LogP contribution in [-0.2, 0) is 13.5 Å². The molecule has 0 saturated heterocycles. The van der Waals surface area contributed by atoms with Gasteiger partial charge in [0.1, 0.15) is 6.33 Å². The number of halogens is 1. The van der Waals surface area contributed by atoms with Crippen molar-refractivity contribution >= 4 is 15.9 Å². The maximum absolute atomic E-state index is 10.0. The molecule has 1 aromatic heterocycles. The summed E-state index contributed by atoms with van der Waals surface area (Å²) < 4.78 is 2.66. The molecule has 0 amide bonds. The van der Waals surface area contributed by atoms with Gasteiger partial charge in [-0.1, -0.05) is 28.1 Å². The summed E-state index contributed by atoms with van der Waals surface area (Å²) in [5.41, 5.74) is 0.901. The van der Waals surface area contributed by atoms with Gasteiger partial charge in [0.2, 0.25) is 0 Å². The van der Waals surface area contributed by atoms with Gasteiger partial charge in [-0.05, 0) is 17.7 Å². The van der Waals surface area contributed by atoms with Crippen molar-refractivity contribution in [3.05, 3.63) is 46.5 Å². The van der Waals surface area contributed by atoms with Crippen molar-refractivity contribution in [3.63, 3.8) is 0 Å². The zero-order valence-corrected chi connectivity index (χ0v) is 12.3. The molecule has 2 rings (SSSR count). The Morgan fingerprint density at radius 3 is 3.00 bits per heavy atom. The molecule has 5 nitrogen and oxygen atoms in total. The van der Waals surface area contributed by atoms with Gasteiger partial charge in [-0.3, -0.25) is 4.68 Å². The molecular formula is C13H17BrN4O. The Hall–Kier alpha value is -1.24. The molecule has 1 unspecified atom stereocenters. The number of aromatic nitrogens is 3. The first-order chi connectivity index (χ1) is 9.15. The summed E-state index contributed by atoms with van der Waals surface area (Å²) in [7, 11) is 1.85. The van der Waals surface area contributed by atoms with E-state index in [9.17, 15) is 5.11 Å². The number of aryl methyl sites for hydroxylation is 1. The third kappa shape index (κ3) is 4.41. The van der Waals surface area contributed by atoms with Crippen LogP contribution in [0, 0.1) is 0 Å². The van der Waals surface area contributed by atoms with Gasteiger partial charge in [0.25, 0.3) is 0 Å². The average molecular weight is 325 g/mol. The van der Waals surface area contributed by atoms with E-state index in [1.807, 2.05) is 31.3 Å². The van der Waals surface area contributed by atoms with Crippen molar-refractivity contribution in [2.75, 3.05) is 13.1 Å². The van der Waals surface area contributed by atoms with Crippen molar-refractivity contribution in [2.45, 2.75) is 12.5 Å².